The number of hydrogen-bond acceptors (Lipinski definition) is 4. The van der Waals surface area contributed by atoms with Crippen LogP contribution in [0, 0.1) is 0 Å². The minimum Gasteiger partial charge on any atom is -0.309 e. The molecule has 1 aliphatic rings. The van der Waals surface area contributed by atoms with E-state index in [0.29, 0.717) is 17.5 Å². The highest BCUT2D eigenvalue weighted by Crippen LogP contribution is 2.53. The molecule has 12 rings (SSSR count). The molecule has 0 saturated heterocycles. The van der Waals surface area contributed by atoms with Crippen LogP contribution in [0.2, 0.25) is 0 Å². The number of hydrogen-bond donors (Lipinski definition) is 0. The molecule has 61 heavy (non-hydrogen) atoms. The number of para-hydroxylation sites is 1. The predicted molar refractivity (Wildman–Crippen MR) is 253 cm³/mol. The van der Waals surface area contributed by atoms with Gasteiger partial charge in [0.2, 0.25) is 0 Å². The second-order valence-electron chi connectivity index (χ2n) is 15.6. The Morgan fingerprint density at radius 3 is 1.62 bits per heavy atom. The van der Waals surface area contributed by atoms with Crippen molar-refractivity contribution in [2.75, 3.05) is 4.90 Å². The summed E-state index contributed by atoms with van der Waals surface area (Å²) >= 11 is 0. The van der Waals surface area contributed by atoms with Crippen LogP contribution in [-0.4, -0.2) is 15.0 Å². The van der Waals surface area contributed by atoms with Crippen molar-refractivity contribution in [1.82, 2.24) is 15.0 Å². The maximum Gasteiger partial charge on any atom is 0.164 e. The van der Waals surface area contributed by atoms with Crippen LogP contribution < -0.4 is 4.90 Å². The SMILES string of the molecule is c1ccc(-c2nc(-c3ccc4ccccc4c3)nc(-c3ccc(-c4ccc5c(c4)-c4cccc6c(-c7ccccc7)ccc(c46)N5c4ccccc4)c4ccccc34)n2)cc1. The highest BCUT2D eigenvalue weighted by molar-refractivity contribution is 6.18. The van der Waals surface area contributed by atoms with Gasteiger partial charge >= 0.3 is 0 Å². The third-order valence-corrected chi connectivity index (χ3v) is 12.0. The smallest absolute Gasteiger partial charge is 0.164 e. The summed E-state index contributed by atoms with van der Waals surface area (Å²) in [7, 11) is 0. The summed E-state index contributed by atoms with van der Waals surface area (Å²) in [4.78, 5) is 17.8. The maximum atomic E-state index is 5.20. The molecule has 1 aromatic heterocycles. The third kappa shape index (κ3) is 5.88. The first-order valence-electron chi connectivity index (χ1n) is 20.7. The molecule has 2 heterocycles. The van der Waals surface area contributed by atoms with E-state index in [1.54, 1.807) is 0 Å². The van der Waals surface area contributed by atoms with Crippen LogP contribution in [-0.2, 0) is 0 Å². The molecule has 11 aromatic rings. The Hall–Kier alpha value is -8.21. The molecule has 284 valence electrons. The van der Waals surface area contributed by atoms with E-state index < -0.39 is 0 Å². The number of aromatic nitrogens is 3. The van der Waals surface area contributed by atoms with Gasteiger partial charge in [-0.15, -0.1) is 0 Å². The molecule has 0 amide bonds. The van der Waals surface area contributed by atoms with Crippen molar-refractivity contribution in [2.24, 2.45) is 0 Å². The Kier molecular flexibility index (Phi) is 8.13. The van der Waals surface area contributed by atoms with E-state index in [2.05, 4.69) is 205 Å². The quantitative estimate of drug-likeness (QED) is 0.169. The van der Waals surface area contributed by atoms with Crippen LogP contribution in [0.15, 0.2) is 218 Å². The summed E-state index contributed by atoms with van der Waals surface area (Å²) in [5, 5.41) is 7.03. The topological polar surface area (TPSA) is 41.9 Å². The first kappa shape index (κ1) is 34.8. The van der Waals surface area contributed by atoms with Crippen LogP contribution in [0.4, 0.5) is 17.1 Å². The molecule has 4 heteroatoms. The van der Waals surface area contributed by atoms with Crippen LogP contribution in [0.5, 0.6) is 0 Å². The Balaban J connectivity index is 1.04. The predicted octanol–water partition coefficient (Wildman–Crippen LogP) is 15.1. The Bertz CT molecular complexity index is 3470. The van der Waals surface area contributed by atoms with Gasteiger partial charge in [0.15, 0.2) is 17.5 Å². The molecule has 1 aliphatic heterocycles. The van der Waals surface area contributed by atoms with Gasteiger partial charge in [-0.05, 0) is 97.2 Å². The lowest BCUT2D eigenvalue weighted by atomic mass is 9.86. The molecule has 4 nitrogen and oxygen atoms in total. The second kappa shape index (κ2) is 14.3. The van der Waals surface area contributed by atoms with Gasteiger partial charge in [-0.25, -0.2) is 15.0 Å². The first-order chi connectivity index (χ1) is 30.2. The van der Waals surface area contributed by atoms with Gasteiger partial charge in [-0.1, -0.05) is 176 Å². The zero-order valence-electron chi connectivity index (χ0n) is 33.1. The zero-order chi connectivity index (χ0) is 40.3. The van der Waals surface area contributed by atoms with Gasteiger partial charge in [0, 0.05) is 33.3 Å². The lowest BCUT2D eigenvalue weighted by molar-refractivity contribution is 1.08. The van der Waals surface area contributed by atoms with Crippen LogP contribution >= 0.6 is 0 Å². The van der Waals surface area contributed by atoms with Crippen molar-refractivity contribution in [3.8, 4) is 67.5 Å². The summed E-state index contributed by atoms with van der Waals surface area (Å²) < 4.78 is 0. The average molecular weight is 777 g/mol. The van der Waals surface area contributed by atoms with Crippen molar-refractivity contribution in [2.45, 2.75) is 0 Å². The van der Waals surface area contributed by atoms with Gasteiger partial charge in [-0.2, -0.15) is 0 Å². The van der Waals surface area contributed by atoms with Gasteiger partial charge < -0.3 is 4.90 Å². The van der Waals surface area contributed by atoms with Gasteiger partial charge in [-0.3, -0.25) is 0 Å². The molecular formula is C57H36N4. The highest BCUT2D eigenvalue weighted by Gasteiger charge is 2.28. The fourth-order valence-corrected chi connectivity index (χ4v) is 9.18. The molecule has 0 radical (unpaired) electrons. The molecule has 0 unspecified atom stereocenters. The Morgan fingerprint density at radius 1 is 0.279 bits per heavy atom. The normalized spacial score (nSPS) is 11.9. The van der Waals surface area contributed by atoms with E-state index in [9.17, 15) is 0 Å². The van der Waals surface area contributed by atoms with E-state index in [1.165, 1.54) is 44.1 Å². The number of benzene rings is 10. The first-order valence-corrected chi connectivity index (χ1v) is 20.7. The van der Waals surface area contributed by atoms with Crippen LogP contribution in [0.3, 0.4) is 0 Å². The lowest BCUT2D eigenvalue weighted by Crippen LogP contribution is -2.15. The molecule has 0 bridgehead atoms. The molecule has 0 aliphatic carbocycles. The maximum absolute atomic E-state index is 5.20. The minimum atomic E-state index is 0.640. The lowest BCUT2D eigenvalue weighted by Gasteiger charge is -2.34. The molecule has 0 atom stereocenters. The molecule has 0 N–H and O–H groups in total. The van der Waals surface area contributed by atoms with Crippen molar-refractivity contribution < 1.29 is 0 Å². The van der Waals surface area contributed by atoms with Crippen molar-refractivity contribution >= 4 is 49.4 Å². The monoisotopic (exact) mass is 776 g/mol. The van der Waals surface area contributed by atoms with Crippen molar-refractivity contribution in [3.05, 3.63) is 218 Å². The minimum absolute atomic E-state index is 0.640. The van der Waals surface area contributed by atoms with Crippen molar-refractivity contribution in [3.63, 3.8) is 0 Å². The largest absolute Gasteiger partial charge is 0.309 e. The van der Waals surface area contributed by atoms with E-state index in [-0.39, 0.29) is 0 Å². The number of rotatable bonds is 6. The summed E-state index contributed by atoms with van der Waals surface area (Å²) in [6.07, 6.45) is 0. The number of nitrogens with zero attached hydrogens (tertiary/aromatic N) is 4. The van der Waals surface area contributed by atoms with Gasteiger partial charge in [0.25, 0.3) is 0 Å². The second-order valence-corrected chi connectivity index (χ2v) is 15.6. The third-order valence-electron chi connectivity index (χ3n) is 12.0. The van der Waals surface area contributed by atoms with Gasteiger partial charge in [0.05, 0.1) is 11.4 Å². The van der Waals surface area contributed by atoms with Crippen LogP contribution in [0.1, 0.15) is 0 Å². The fourth-order valence-electron chi connectivity index (χ4n) is 9.18. The van der Waals surface area contributed by atoms with Crippen LogP contribution in [0.25, 0.3) is 99.9 Å². The summed E-state index contributed by atoms with van der Waals surface area (Å²) in [6.45, 7) is 0. The highest BCUT2D eigenvalue weighted by atomic mass is 15.2. The molecule has 0 saturated carbocycles. The van der Waals surface area contributed by atoms with Crippen molar-refractivity contribution in [1.29, 1.82) is 0 Å². The van der Waals surface area contributed by atoms with Gasteiger partial charge in [0.1, 0.15) is 0 Å². The zero-order valence-corrected chi connectivity index (χ0v) is 33.1. The van der Waals surface area contributed by atoms with E-state index in [4.69, 9.17) is 15.0 Å². The molecule has 0 spiro atoms. The summed E-state index contributed by atoms with van der Waals surface area (Å²) in [5.41, 5.74) is 13.5. The summed E-state index contributed by atoms with van der Waals surface area (Å²) in [6, 6.07) is 77.7. The Morgan fingerprint density at radius 2 is 0.836 bits per heavy atom. The number of fused-ring (bicyclic) bond motifs is 4. The molecule has 0 fully saturated rings. The fraction of sp³-hybridized carbons (Fsp3) is 0. The van der Waals surface area contributed by atoms with E-state index in [1.807, 2.05) is 18.2 Å². The molecule has 10 aromatic carbocycles. The number of anilines is 3. The molecular weight excluding hydrogens is 741 g/mol. The Labute approximate surface area is 353 Å². The standard InChI is InChI=1S/C57H36N4/c1-4-16-38(17-5-1)44-32-34-53-54-48(44)25-14-26-49(54)51-36-41(29-33-52(51)61(53)43-21-8-3-9-22-43)45-30-31-50(47-24-13-12-23-46(45)47)57-59-55(39-18-6-2-7-19-39)58-56(60-57)42-28-27-37-15-10-11-20-40(37)35-42/h1-36H. The van der Waals surface area contributed by atoms with E-state index in [0.717, 1.165) is 55.4 Å². The summed E-state index contributed by atoms with van der Waals surface area (Å²) in [5.74, 6) is 1.93. The van der Waals surface area contributed by atoms with E-state index >= 15 is 0 Å². The average Bonchev–Trinajstić information content (AvgIpc) is 3.34.